The Hall–Kier alpha value is -2.94. The maximum absolute atomic E-state index is 10.9. The minimum absolute atomic E-state index is 0.0201. The summed E-state index contributed by atoms with van der Waals surface area (Å²) in [4.78, 5) is 24.5. The molecule has 0 radical (unpaired) electrons. The number of hydrogen-bond acceptors (Lipinski definition) is 11. The third kappa shape index (κ3) is 3.54. The molecule has 2 aromatic rings. The van der Waals surface area contributed by atoms with Crippen molar-refractivity contribution in [3.63, 3.8) is 0 Å². The smallest absolute Gasteiger partial charge is 0.269 e. The van der Waals surface area contributed by atoms with Crippen molar-refractivity contribution in [2.45, 2.75) is 37.3 Å². The van der Waals surface area contributed by atoms with E-state index in [-0.39, 0.29) is 12.3 Å². The maximum Gasteiger partial charge on any atom is 0.269 e. The number of imidazole rings is 1. The maximum atomic E-state index is 10.9. The number of hydroxylamine groups is 2. The van der Waals surface area contributed by atoms with Gasteiger partial charge in [-0.15, -0.1) is 0 Å². The number of fused-ring (bicyclic) bond motifs is 1. The van der Waals surface area contributed by atoms with E-state index in [9.17, 15) is 25.4 Å². The number of aliphatic imine (C=N–C) groups is 1. The second-order valence-corrected chi connectivity index (χ2v) is 6.84. The van der Waals surface area contributed by atoms with E-state index in [4.69, 9.17) is 15.3 Å². The van der Waals surface area contributed by atoms with Gasteiger partial charge in [0.1, 0.15) is 37.0 Å². The van der Waals surface area contributed by atoms with Crippen LogP contribution in [-0.4, -0.2) is 66.1 Å². The molecule has 2 aliphatic heterocycles. The summed E-state index contributed by atoms with van der Waals surface area (Å²) in [5.41, 5.74) is 7.06. The van der Waals surface area contributed by atoms with Crippen LogP contribution in [0.25, 0.3) is 0 Å². The molecule has 160 valence electrons. The molecule has 1 aromatic heterocycles. The number of hydrogen-bond donors (Lipinski definition) is 4. The first kappa shape index (κ1) is 20.3. The highest BCUT2D eigenvalue weighted by Crippen LogP contribution is 2.37. The Kier molecular flexibility index (Phi) is 5.46. The summed E-state index contributed by atoms with van der Waals surface area (Å²) in [7, 11) is 0. The summed E-state index contributed by atoms with van der Waals surface area (Å²) < 4.78 is 6.93. The third-order valence-electron chi connectivity index (χ3n) is 4.94. The van der Waals surface area contributed by atoms with E-state index in [1.54, 1.807) is 12.1 Å². The van der Waals surface area contributed by atoms with Crippen molar-refractivity contribution in [3.05, 3.63) is 52.0 Å². The molecular weight excluding hydrogens is 400 g/mol. The number of nitrogens with two attached hydrogens (primary N) is 1. The summed E-state index contributed by atoms with van der Waals surface area (Å²) in [6.45, 7) is -0.431. The second-order valence-electron chi connectivity index (χ2n) is 6.84. The number of benzene rings is 1. The van der Waals surface area contributed by atoms with Crippen molar-refractivity contribution in [2.24, 2.45) is 10.7 Å². The van der Waals surface area contributed by atoms with E-state index in [1.807, 2.05) is 0 Å². The number of ether oxygens (including phenoxy) is 1. The Labute approximate surface area is 169 Å². The van der Waals surface area contributed by atoms with E-state index in [2.05, 4.69) is 9.98 Å². The quantitative estimate of drug-likeness (QED) is 0.350. The summed E-state index contributed by atoms with van der Waals surface area (Å²) in [6.07, 6.45) is -2.61. The highest BCUT2D eigenvalue weighted by Gasteiger charge is 2.44. The summed E-state index contributed by atoms with van der Waals surface area (Å²) in [5.74, 6) is 0.313. The lowest BCUT2D eigenvalue weighted by Crippen LogP contribution is -2.36. The summed E-state index contributed by atoms with van der Waals surface area (Å²) in [5, 5.41) is 41.6. The minimum Gasteiger partial charge on any atom is -0.394 e. The van der Waals surface area contributed by atoms with E-state index in [0.29, 0.717) is 17.1 Å². The molecule has 30 heavy (non-hydrogen) atoms. The standard InChI is InChI=1S/C17H20N6O7/c18-15-12-16(21(7-19-12)17-14(26)13(25)11(5-24)30-17)20-8-22(15)29-6-9-2-1-3-10(4-9)23(27)28/h1-4,7-8,11,13-15,17,24-26H,5-6,18H2/t11-,13?,14?,15?,17-/m1/s1. The Morgan fingerprint density at radius 2 is 2.13 bits per heavy atom. The highest BCUT2D eigenvalue weighted by atomic mass is 16.7. The van der Waals surface area contributed by atoms with Crippen LogP contribution in [0.5, 0.6) is 0 Å². The van der Waals surface area contributed by atoms with Gasteiger partial charge in [0.25, 0.3) is 5.69 Å². The van der Waals surface area contributed by atoms with Gasteiger partial charge in [0.05, 0.1) is 17.9 Å². The molecule has 2 aliphatic rings. The van der Waals surface area contributed by atoms with Gasteiger partial charge in [0.15, 0.2) is 18.2 Å². The molecule has 13 nitrogen and oxygen atoms in total. The Morgan fingerprint density at radius 3 is 2.83 bits per heavy atom. The van der Waals surface area contributed by atoms with Crippen molar-refractivity contribution in [2.75, 3.05) is 6.61 Å². The van der Waals surface area contributed by atoms with Crippen molar-refractivity contribution in [1.82, 2.24) is 14.6 Å². The van der Waals surface area contributed by atoms with Gasteiger partial charge in [-0.2, -0.15) is 0 Å². The van der Waals surface area contributed by atoms with Gasteiger partial charge in [-0.05, 0) is 5.56 Å². The molecule has 1 saturated heterocycles. The highest BCUT2D eigenvalue weighted by molar-refractivity contribution is 5.64. The predicted octanol–water partition coefficient (Wildman–Crippen LogP) is -0.533. The van der Waals surface area contributed by atoms with E-state index < -0.39 is 42.2 Å². The predicted molar refractivity (Wildman–Crippen MR) is 100 cm³/mol. The van der Waals surface area contributed by atoms with Crippen LogP contribution < -0.4 is 5.73 Å². The van der Waals surface area contributed by atoms with Gasteiger partial charge in [-0.1, -0.05) is 12.1 Å². The molecule has 5 N–H and O–H groups in total. The number of aromatic nitrogens is 2. The lowest BCUT2D eigenvalue weighted by molar-refractivity contribution is -0.385. The van der Waals surface area contributed by atoms with Crippen LogP contribution in [0.2, 0.25) is 0 Å². The number of aliphatic hydroxyl groups is 3. The number of nitro groups is 1. The molecule has 5 atom stereocenters. The Morgan fingerprint density at radius 1 is 1.33 bits per heavy atom. The second kappa shape index (κ2) is 8.06. The lowest BCUT2D eigenvalue weighted by atomic mass is 10.1. The molecule has 3 unspecified atom stereocenters. The number of nitrogens with zero attached hydrogens (tertiary/aromatic N) is 5. The third-order valence-corrected chi connectivity index (χ3v) is 4.94. The number of nitro benzene ring substituents is 1. The van der Waals surface area contributed by atoms with Crippen LogP contribution in [0.3, 0.4) is 0 Å². The van der Waals surface area contributed by atoms with Gasteiger partial charge < -0.3 is 25.8 Å². The van der Waals surface area contributed by atoms with E-state index >= 15 is 0 Å². The molecule has 0 bridgehead atoms. The zero-order chi connectivity index (χ0) is 21.4. The van der Waals surface area contributed by atoms with Crippen LogP contribution in [0, 0.1) is 10.1 Å². The van der Waals surface area contributed by atoms with Crippen LogP contribution in [-0.2, 0) is 16.2 Å². The number of non-ortho nitro benzene ring substituents is 1. The molecule has 0 saturated carbocycles. The first-order chi connectivity index (χ1) is 14.4. The van der Waals surface area contributed by atoms with Crippen molar-refractivity contribution in [3.8, 4) is 0 Å². The van der Waals surface area contributed by atoms with Crippen LogP contribution in [0.1, 0.15) is 23.7 Å². The lowest BCUT2D eigenvalue weighted by Gasteiger charge is -2.28. The Bertz CT molecular complexity index is 966. The monoisotopic (exact) mass is 420 g/mol. The van der Waals surface area contributed by atoms with E-state index in [1.165, 1.54) is 34.4 Å². The average Bonchev–Trinajstić information content (AvgIpc) is 3.29. The molecule has 0 amide bonds. The summed E-state index contributed by atoms with van der Waals surface area (Å²) in [6, 6.07) is 6.02. The zero-order valence-electron chi connectivity index (χ0n) is 15.6. The van der Waals surface area contributed by atoms with Crippen LogP contribution >= 0.6 is 0 Å². The SMILES string of the molecule is NC1c2ncn([C@@H]3O[C@H](CO)C(O)C3O)c2N=CN1OCc1cccc([N+](=O)[O-])c1. The molecule has 1 aromatic carbocycles. The fourth-order valence-electron chi connectivity index (χ4n) is 3.33. The minimum atomic E-state index is -1.28. The molecule has 13 heteroatoms. The molecule has 0 aliphatic carbocycles. The molecular formula is C17H20N6O7. The zero-order valence-corrected chi connectivity index (χ0v) is 15.6. The fourth-order valence-corrected chi connectivity index (χ4v) is 3.33. The first-order valence-electron chi connectivity index (χ1n) is 9.04. The summed E-state index contributed by atoms with van der Waals surface area (Å²) >= 11 is 0. The van der Waals surface area contributed by atoms with Gasteiger partial charge in [0, 0.05) is 12.1 Å². The first-order valence-corrected chi connectivity index (χ1v) is 9.04. The van der Waals surface area contributed by atoms with Crippen molar-refractivity contribution < 1.29 is 29.8 Å². The molecule has 0 spiro atoms. The van der Waals surface area contributed by atoms with Crippen molar-refractivity contribution >= 4 is 17.8 Å². The normalized spacial score (nSPS) is 28.0. The van der Waals surface area contributed by atoms with Crippen LogP contribution in [0.15, 0.2) is 35.6 Å². The largest absolute Gasteiger partial charge is 0.394 e. The van der Waals surface area contributed by atoms with Gasteiger partial charge >= 0.3 is 0 Å². The van der Waals surface area contributed by atoms with Gasteiger partial charge in [0.2, 0.25) is 0 Å². The topological polar surface area (TPSA) is 182 Å². The fraction of sp³-hybridized carbons (Fsp3) is 0.412. The van der Waals surface area contributed by atoms with Crippen molar-refractivity contribution in [1.29, 1.82) is 0 Å². The average molecular weight is 420 g/mol. The van der Waals surface area contributed by atoms with Gasteiger partial charge in [-0.25, -0.2) is 15.0 Å². The Balaban J connectivity index is 1.48. The van der Waals surface area contributed by atoms with Crippen LogP contribution in [0.4, 0.5) is 11.5 Å². The molecule has 3 heterocycles. The molecule has 1 fully saturated rings. The number of aliphatic hydroxyl groups excluding tert-OH is 3. The number of rotatable bonds is 6. The van der Waals surface area contributed by atoms with Gasteiger partial charge in [-0.3, -0.25) is 19.5 Å². The molecule has 4 rings (SSSR count). The van der Waals surface area contributed by atoms with E-state index in [0.717, 1.165) is 0 Å².